The van der Waals surface area contributed by atoms with E-state index in [-0.39, 0.29) is 24.1 Å². The second-order valence-corrected chi connectivity index (χ2v) is 6.54. The van der Waals surface area contributed by atoms with Gasteiger partial charge in [0.2, 0.25) is 0 Å². The molecular formula is C17H25ClN2O2. The van der Waals surface area contributed by atoms with E-state index in [2.05, 4.69) is 5.32 Å². The molecule has 1 aliphatic carbocycles. The van der Waals surface area contributed by atoms with Crippen LogP contribution in [0.1, 0.15) is 44.2 Å². The average molecular weight is 325 g/mol. The molecule has 1 fully saturated rings. The number of rotatable bonds is 5. The zero-order valence-electron chi connectivity index (χ0n) is 13.3. The summed E-state index contributed by atoms with van der Waals surface area (Å²) >= 11 is 5.91. The SMILES string of the molecule is CCC(NC(=O)N(C)CC1CCCC1O)c1ccc(Cl)cc1. The number of hydrogen-bond donors (Lipinski definition) is 2. The molecule has 0 radical (unpaired) electrons. The molecule has 122 valence electrons. The van der Waals surface area contributed by atoms with Crippen LogP contribution in [-0.4, -0.2) is 35.7 Å². The summed E-state index contributed by atoms with van der Waals surface area (Å²) < 4.78 is 0. The summed E-state index contributed by atoms with van der Waals surface area (Å²) in [4.78, 5) is 14.0. The smallest absolute Gasteiger partial charge is 0.317 e. The number of aliphatic hydroxyl groups excluding tert-OH is 1. The Hall–Kier alpha value is -1.26. The number of halogens is 1. The highest BCUT2D eigenvalue weighted by molar-refractivity contribution is 6.30. The molecule has 2 N–H and O–H groups in total. The second-order valence-electron chi connectivity index (χ2n) is 6.10. The molecule has 3 unspecified atom stereocenters. The summed E-state index contributed by atoms with van der Waals surface area (Å²) in [6.07, 6.45) is 3.43. The van der Waals surface area contributed by atoms with Gasteiger partial charge in [-0.05, 0) is 37.0 Å². The first-order valence-electron chi connectivity index (χ1n) is 7.96. The van der Waals surface area contributed by atoms with Gasteiger partial charge < -0.3 is 15.3 Å². The predicted molar refractivity (Wildman–Crippen MR) is 89.0 cm³/mol. The van der Waals surface area contributed by atoms with Crippen LogP contribution in [0.5, 0.6) is 0 Å². The molecule has 1 aliphatic rings. The number of benzene rings is 1. The van der Waals surface area contributed by atoms with Gasteiger partial charge in [-0.1, -0.05) is 37.1 Å². The molecule has 5 heteroatoms. The van der Waals surface area contributed by atoms with Crippen LogP contribution in [0.2, 0.25) is 5.02 Å². The first kappa shape index (κ1) is 17.1. The highest BCUT2D eigenvalue weighted by Gasteiger charge is 2.27. The van der Waals surface area contributed by atoms with Gasteiger partial charge in [-0.15, -0.1) is 0 Å². The number of carbonyl (C=O) groups excluding carboxylic acids is 1. The van der Waals surface area contributed by atoms with Gasteiger partial charge in [0.05, 0.1) is 12.1 Å². The van der Waals surface area contributed by atoms with Crippen molar-refractivity contribution in [2.75, 3.05) is 13.6 Å². The van der Waals surface area contributed by atoms with Crippen molar-refractivity contribution in [2.24, 2.45) is 5.92 Å². The van der Waals surface area contributed by atoms with Crippen LogP contribution in [0.3, 0.4) is 0 Å². The van der Waals surface area contributed by atoms with Gasteiger partial charge >= 0.3 is 6.03 Å². The van der Waals surface area contributed by atoms with Crippen molar-refractivity contribution in [3.63, 3.8) is 0 Å². The fourth-order valence-corrected chi connectivity index (χ4v) is 3.17. The predicted octanol–water partition coefficient (Wildman–Crippen LogP) is 3.59. The standard InChI is InChI=1S/C17H25ClN2O2/c1-3-15(12-7-9-14(18)10-8-12)19-17(22)20(2)11-13-5-4-6-16(13)21/h7-10,13,15-16,21H,3-6,11H2,1-2H3,(H,19,22). The van der Waals surface area contributed by atoms with Gasteiger partial charge in [-0.2, -0.15) is 0 Å². The first-order valence-corrected chi connectivity index (χ1v) is 8.34. The van der Waals surface area contributed by atoms with Gasteiger partial charge in [0.25, 0.3) is 0 Å². The van der Waals surface area contributed by atoms with Gasteiger partial charge in [0.15, 0.2) is 0 Å². The lowest BCUT2D eigenvalue weighted by Gasteiger charge is -2.26. The Bertz CT molecular complexity index is 492. The number of hydrogen-bond acceptors (Lipinski definition) is 2. The lowest BCUT2D eigenvalue weighted by atomic mass is 10.0. The lowest BCUT2D eigenvalue weighted by molar-refractivity contribution is 0.113. The Morgan fingerprint density at radius 2 is 2.09 bits per heavy atom. The minimum absolute atomic E-state index is 0.0271. The molecule has 0 aromatic heterocycles. The van der Waals surface area contributed by atoms with E-state index in [4.69, 9.17) is 11.6 Å². The molecule has 3 atom stereocenters. The molecular weight excluding hydrogens is 300 g/mol. The van der Waals surface area contributed by atoms with Crippen molar-refractivity contribution in [2.45, 2.75) is 44.8 Å². The van der Waals surface area contributed by atoms with Crippen molar-refractivity contribution in [3.8, 4) is 0 Å². The van der Waals surface area contributed by atoms with Gasteiger partial charge in [0, 0.05) is 24.5 Å². The van der Waals surface area contributed by atoms with E-state index in [1.165, 1.54) is 0 Å². The van der Waals surface area contributed by atoms with Crippen molar-refractivity contribution in [3.05, 3.63) is 34.9 Å². The third-order valence-electron chi connectivity index (χ3n) is 4.45. The number of nitrogens with zero attached hydrogens (tertiary/aromatic N) is 1. The highest BCUT2D eigenvalue weighted by Crippen LogP contribution is 2.26. The molecule has 2 rings (SSSR count). The van der Waals surface area contributed by atoms with E-state index in [9.17, 15) is 9.90 Å². The summed E-state index contributed by atoms with van der Waals surface area (Å²) in [5.41, 5.74) is 1.05. The Morgan fingerprint density at radius 3 is 2.64 bits per heavy atom. The summed E-state index contributed by atoms with van der Waals surface area (Å²) in [5, 5.41) is 13.6. The topological polar surface area (TPSA) is 52.6 Å². The fourth-order valence-electron chi connectivity index (χ4n) is 3.04. The van der Waals surface area contributed by atoms with Crippen LogP contribution >= 0.6 is 11.6 Å². The summed E-state index contributed by atoms with van der Waals surface area (Å²) in [5.74, 6) is 0.200. The Labute approximate surface area is 137 Å². The minimum Gasteiger partial charge on any atom is -0.393 e. The third-order valence-corrected chi connectivity index (χ3v) is 4.70. The molecule has 0 spiro atoms. The van der Waals surface area contributed by atoms with Crippen molar-refractivity contribution >= 4 is 17.6 Å². The van der Waals surface area contributed by atoms with E-state index < -0.39 is 0 Å². The summed E-state index contributed by atoms with van der Waals surface area (Å²) in [7, 11) is 1.79. The van der Waals surface area contributed by atoms with Crippen molar-refractivity contribution in [1.29, 1.82) is 0 Å². The number of nitrogens with one attached hydrogen (secondary N) is 1. The van der Waals surface area contributed by atoms with E-state index >= 15 is 0 Å². The molecule has 4 nitrogen and oxygen atoms in total. The molecule has 0 aliphatic heterocycles. The van der Waals surface area contributed by atoms with Crippen LogP contribution in [0.25, 0.3) is 0 Å². The van der Waals surface area contributed by atoms with Crippen LogP contribution < -0.4 is 5.32 Å². The van der Waals surface area contributed by atoms with Crippen molar-refractivity contribution in [1.82, 2.24) is 10.2 Å². The van der Waals surface area contributed by atoms with E-state index in [0.717, 1.165) is 31.2 Å². The largest absolute Gasteiger partial charge is 0.393 e. The first-order chi connectivity index (χ1) is 10.5. The summed E-state index contributed by atoms with van der Waals surface area (Å²) in [6.45, 7) is 2.64. The monoisotopic (exact) mass is 324 g/mol. The molecule has 1 aromatic carbocycles. The van der Waals surface area contributed by atoms with Crippen LogP contribution in [0, 0.1) is 5.92 Å². The van der Waals surface area contributed by atoms with E-state index in [1.807, 2.05) is 31.2 Å². The average Bonchev–Trinajstić information content (AvgIpc) is 2.90. The molecule has 0 heterocycles. The van der Waals surface area contributed by atoms with Crippen molar-refractivity contribution < 1.29 is 9.90 Å². The minimum atomic E-state index is -0.270. The maximum Gasteiger partial charge on any atom is 0.317 e. The van der Waals surface area contributed by atoms with E-state index in [1.54, 1.807) is 11.9 Å². The quantitative estimate of drug-likeness (QED) is 0.869. The number of urea groups is 1. The maximum absolute atomic E-state index is 12.4. The van der Waals surface area contributed by atoms with Gasteiger partial charge in [-0.3, -0.25) is 0 Å². The number of aliphatic hydroxyl groups is 1. The molecule has 1 aromatic rings. The number of carbonyl (C=O) groups is 1. The van der Waals surface area contributed by atoms with Crippen LogP contribution in [0.4, 0.5) is 4.79 Å². The fraction of sp³-hybridized carbons (Fsp3) is 0.588. The molecule has 2 amide bonds. The Balaban J connectivity index is 1.92. The molecule has 1 saturated carbocycles. The van der Waals surface area contributed by atoms with Crippen LogP contribution in [-0.2, 0) is 0 Å². The zero-order chi connectivity index (χ0) is 16.1. The van der Waals surface area contributed by atoms with Crippen LogP contribution in [0.15, 0.2) is 24.3 Å². The Morgan fingerprint density at radius 1 is 1.41 bits per heavy atom. The third kappa shape index (κ3) is 4.37. The zero-order valence-corrected chi connectivity index (χ0v) is 14.0. The van der Waals surface area contributed by atoms with E-state index in [0.29, 0.717) is 11.6 Å². The molecule has 0 bridgehead atoms. The normalized spacial score (nSPS) is 22.4. The summed E-state index contributed by atoms with van der Waals surface area (Å²) in [6, 6.07) is 7.44. The van der Waals surface area contributed by atoms with Gasteiger partial charge in [-0.25, -0.2) is 4.79 Å². The molecule has 0 saturated heterocycles. The maximum atomic E-state index is 12.4. The highest BCUT2D eigenvalue weighted by atomic mass is 35.5. The second kappa shape index (κ2) is 7.84. The number of amides is 2. The van der Waals surface area contributed by atoms with Gasteiger partial charge in [0.1, 0.15) is 0 Å². The molecule has 22 heavy (non-hydrogen) atoms. The lowest BCUT2D eigenvalue weighted by Crippen LogP contribution is -2.42. The Kier molecular flexibility index (Phi) is 6.09.